The normalized spacial score (nSPS) is 12.1. The number of sulfonamides is 1. The number of nitrogens with zero attached hydrogens (tertiary/aromatic N) is 1. The first-order chi connectivity index (χ1) is 17.3. The number of anilines is 1. The summed E-state index contributed by atoms with van der Waals surface area (Å²) in [5, 5.41) is 3.54. The standard InChI is InChI=1S/C29H27ClN2O3S/c1-21-13-15-24(16-14-21)29(23-9-5-3-6-10-23)31-28(33)20-32(27-18-17-25(30)19-22(27)2)36(34,35)26-11-7-4-8-12-26/h3-19,29H,20H2,1-2H3,(H,31,33)/t29-/m0/s1. The molecule has 5 nitrogen and oxygen atoms in total. The van der Waals surface area contributed by atoms with Crippen LogP contribution in [0.3, 0.4) is 0 Å². The Kier molecular flexibility index (Phi) is 7.77. The van der Waals surface area contributed by atoms with Crippen LogP contribution in [0.15, 0.2) is 108 Å². The van der Waals surface area contributed by atoms with Crippen molar-refractivity contribution >= 4 is 33.2 Å². The van der Waals surface area contributed by atoms with Gasteiger partial charge in [0.25, 0.3) is 10.0 Å². The molecule has 0 aliphatic rings. The van der Waals surface area contributed by atoms with Crippen LogP contribution < -0.4 is 9.62 Å². The molecule has 0 bridgehead atoms. The van der Waals surface area contributed by atoms with E-state index in [0.29, 0.717) is 16.3 Å². The van der Waals surface area contributed by atoms with Gasteiger partial charge < -0.3 is 5.32 Å². The largest absolute Gasteiger partial charge is 0.344 e. The molecular formula is C29H27ClN2O3S. The minimum absolute atomic E-state index is 0.102. The summed E-state index contributed by atoms with van der Waals surface area (Å²) >= 11 is 6.13. The minimum atomic E-state index is -4.03. The summed E-state index contributed by atoms with van der Waals surface area (Å²) in [7, 11) is -4.03. The molecule has 184 valence electrons. The lowest BCUT2D eigenvalue weighted by molar-refractivity contribution is -0.120. The second-order valence-corrected chi connectivity index (χ2v) is 10.9. The summed E-state index contributed by atoms with van der Waals surface area (Å²) in [6.45, 7) is 3.38. The zero-order valence-corrected chi connectivity index (χ0v) is 21.6. The van der Waals surface area contributed by atoms with Gasteiger partial charge in [0.2, 0.25) is 5.91 Å². The van der Waals surface area contributed by atoms with Crippen LogP contribution in [0.4, 0.5) is 5.69 Å². The molecule has 0 spiro atoms. The number of hydrogen-bond donors (Lipinski definition) is 1. The smallest absolute Gasteiger partial charge is 0.264 e. The molecule has 7 heteroatoms. The van der Waals surface area contributed by atoms with Crippen LogP contribution in [0.2, 0.25) is 5.02 Å². The quantitative estimate of drug-likeness (QED) is 0.308. The van der Waals surface area contributed by atoms with Crippen molar-refractivity contribution in [3.63, 3.8) is 0 Å². The number of rotatable bonds is 8. The molecule has 0 aliphatic heterocycles. The molecule has 0 aliphatic carbocycles. The Bertz CT molecular complexity index is 1440. The summed E-state index contributed by atoms with van der Waals surface area (Å²) in [5.74, 6) is -0.432. The van der Waals surface area contributed by atoms with Crippen LogP contribution in [0, 0.1) is 13.8 Å². The van der Waals surface area contributed by atoms with Gasteiger partial charge in [0.15, 0.2) is 0 Å². The van der Waals surface area contributed by atoms with Gasteiger partial charge >= 0.3 is 0 Å². The van der Waals surface area contributed by atoms with E-state index in [1.54, 1.807) is 43.3 Å². The van der Waals surface area contributed by atoms with Crippen molar-refractivity contribution in [1.29, 1.82) is 0 Å². The highest BCUT2D eigenvalue weighted by Gasteiger charge is 2.29. The van der Waals surface area contributed by atoms with Crippen LogP contribution in [0.5, 0.6) is 0 Å². The van der Waals surface area contributed by atoms with Gasteiger partial charge in [0.1, 0.15) is 6.54 Å². The third-order valence-electron chi connectivity index (χ3n) is 5.89. The topological polar surface area (TPSA) is 66.5 Å². The molecule has 0 aromatic heterocycles. The molecule has 0 radical (unpaired) electrons. The number of nitrogens with one attached hydrogen (secondary N) is 1. The predicted molar refractivity (Wildman–Crippen MR) is 145 cm³/mol. The van der Waals surface area contributed by atoms with Crippen molar-refractivity contribution < 1.29 is 13.2 Å². The Balaban J connectivity index is 1.70. The van der Waals surface area contributed by atoms with Crippen molar-refractivity contribution in [1.82, 2.24) is 5.32 Å². The molecule has 1 amide bonds. The molecule has 0 unspecified atom stereocenters. The van der Waals surface area contributed by atoms with Gasteiger partial charge in [0, 0.05) is 5.02 Å². The first-order valence-corrected chi connectivity index (χ1v) is 13.3. The maximum absolute atomic E-state index is 13.7. The second kappa shape index (κ2) is 11.0. The number of aryl methyl sites for hydroxylation is 2. The highest BCUT2D eigenvalue weighted by atomic mass is 35.5. The van der Waals surface area contributed by atoms with Crippen molar-refractivity contribution in [3.05, 3.63) is 130 Å². The highest BCUT2D eigenvalue weighted by molar-refractivity contribution is 7.92. The van der Waals surface area contributed by atoms with E-state index >= 15 is 0 Å². The van der Waals surface area contributed by atoms with Crippen LogP contribution in [-0.4, -0.2) is 20.9 Å². The number of benzene rings is 4. The van der Waals surface area contributed by atoms with Crippen molar-refractivity contribution in [3.8, 4) is 0 Å². The Labute approximate surface area is 217 Å². The van der Waals surface area contributed by atoms with Gasteiger partial charge in [-0.1, -0.05) is 90.0 Å². The summed E-state index contributed by atoms with van der Waals surface area (Å²) < 4.78 is 28.5. The first kappa shape index (κ1) is 25.5. The van der Waals surface area contributed by atoms with Crippen LogP contribution in [0.25, 0.3) is 0 Å². The lowest BCUT2D eigenvalue weighted by Crippen LogP contribution is -2.42. The Hall–Kier alpha value is -3.61. The van der Waals surface area contributed by atoms with E-state index in [9.17, 15) is 13.2 Å². The maximum atomic E-state index is 13.7. The van der Waals surface area contributed by atoms with E-state index in [2.05, 4.69) is 5.32 Å². The summed E-state index contributed by atoms with van der Waals surface area (Å²) in [6, 6.07) is 30.1. The van der Waals surface area contributed by atoms with Gasteiger partial charge in [-0.05, 0) is 60.9 Å². The molecule has 36 heavy (non-hydrogen) atoms. The van der Waals surface area contributed by atoms with Crippen molar-refractivity contribution in [2.45, 2.75) is 24.8 Å². The fraction of sp³-hybridized carbons (Fsp3) is 0.138. The van der Waals surface area contributed by atoms with Gasteiger partial charge in [-0.3, -0.25) is 9.10 Å². The Morgan fingerprint density at radius 2 is 1.42 bits per heavy atom. The molecule has 0 saturated heterocycles. The minimum Gasteiger partial charge on any atom is -0.344 e. The second-order valence-electron chi connectivity index (χ2n) is 8.58. The Morgan fingerprint density at radius 1 is 0.833 bits per heavy atom. The molecule has 0 saturated carbocycles. The molecule has 0 fully saturated rings. The number of carbonyl (C=O) groups is 1. The van der Waals surface area contributed by atoms with Gasteiger partial charge in [0.05, 0.1) is 16.6 Å². The Morgan fingerprint density at radius 3 is 2.03 bits per heavy atom. The number of amides is 1. The molecule has 4 rings (SSSR count). The van der Waals surface area contributed by atoms with Crippen molar-refractivity contribution in [2.75, 3.05) is 10.8 Å². The van der Waals surface area contributed by atoms with Crippen LogP contribution >= 0.6 is 11.6 Å². The SMILES string of the molecule is Cc1ccc([C@@H](NC(=O)CN(c2ccc(Cl)cc2C)S(=O)(=O)c2ccccc2)c2ccccc2)cc1. The van der Waals surface area contributed by atoms with E-state index in [4.69, 9.17) is 11.6 Å². The molecule has 4 aromatic rings. The van der Waals surface area contributed by atoms with E-state index < -0.39 is 28.5 Å². The highest BCUT2D eigenvalue weighted by Crippen LogP contribution is 2.29. The fourth-order valence-electron chi connectivity index (χ4n) is 4.02. The molecule has 0 heterocycles. The van der Waals surface area contributed by atoms with Crippen molar-refractivity contribution in [2.24, 2.45) is 0 Å². The molecule has 1 atom stereocenters. The molecule has 4 aromatic carbocycles. The monoisotopic (exact) mass is 518 g/mol. The summed E-state index contributed by atoms with van der Waals surface area (Å²) in [5.41, 5.74) is 3.95. The van der Waals surface area contributed by atoms with Gasteiger partial charge in [-0.2, -0.15) is 0 Å². The zero-order valence-electron chi connectivity index (χ0n) is 20.1. The number of halogens is 1. The molecule has 1 N–H and O–H groups in total. The fourth-order valence-corrected chi connectivity index (χ4v) is 5.75. The van der Waals surface area contributed by atoms with Gasteiger partial charge in [-0.25, -0.2) is 8.42 Å². The summed E-state index contributed by atoms with van der Waals surface area (Å²) in [4.78, 5) is 13.6. The number of hydrogen-bond acceptors (Lipinski definition) is 3. The predicted octanol–water partition coefficient (Wildman–Crippen LogP) is 6.06. The van der Waals surface area contributed by atoms with Gasteiger partial charge in [-0.15, -0.1) is 0 Å². The number of carbonyl (C=O) groups excluding carboxylic acids is 1. The lowest BCUT2D eigenvalue weighted by Gasteiger charge is -2.27. The van der Waals surface area contributed by atoms with E-state index in [1.165, 1.54) is 12.1 Å². The average Bonchev–Trinajstić information content (AvgIpc) is 2.88. The van der Waals surface area contributed by atoms with Crippen LogP contribution in [0.1, 0.15) is 28.3 Å². The average molecular weight is 519 g/mol. The maximum Gasteiger partial charge on any atom is 0.264 e. The lowest BCUT2D eigenvalue weighted by atomic mass is 9.98. The molecular weight excluding hydrogens is 492 g/mol. The third kappa shape index (κ3) is 5.78. The first-order valence-electron chi connectivity index (χ1n) is 11.5. The van der Waals surface area contributed by atoms with Crippen LogP contribution in [-0.2, 0) is 14.8 Å². The zero-order chi connectivity index (χ0) is 25.7. The van der Waals surface area contributed by atoms with E-state index in [1.807, 2.05) is 61.5 Å². The van der Waals surface area contributed by atoms with E-state index in [0.717, 1.165) is 21.0 Å². The van der Waals surface area contributed by atoms with E-state index in [-0.39, 0.29) is 4.90 Å². The third-order valence-corrected chi connectivity index (χ3v) is 7.90. The summed E-state index contributed by atoms with van der Waals surface area (Å²) in [6.07, 6.45) is 0.